The lowest BCUT2D eigenvalue weighted by molar-refractivity contribution is -0.384. The zero-order chi connectivity index (χ0) is 23.9. The van der Waals surface area contributed by atoms with Crippen LogP contribution in [0.1, 0.15) is 35.1 Å². The lowest BCUT2D eigenvalue weighted by atomic mass is 9.46. The highest BCUT2D eigenvalue weighted by Crippen LogP contribution is 2.64. The smallest absolute Gasteiger partial charge is 0.294 e. The Morgan fingerprint density at radius 1 is 0.971 bits per heavy atom. The number of imide groups is 1. The third-order valence-electron chi connectivity index (χ3n) is 7.55. The number of nitrogens with zero attached hydrogens (tertiary/aromatic N) is 2. The molecule has 0 saturated carbocycles. The molecule has 1 aliphatic heterocycles. The number of Topliss-reactive ketones (excluding diaryl/α,β-unsaturated/α-hetero) is 1. The number of amides is 2. The molecular formula is C26H17BrN2O5. The summed E-state index contributed by atoms with van der Waals surface area (Å²) >= 11 is 3.22. The van der Waals surface area contributed by atoms with Gasteiger partial charge in [0, 0.05) is 16.5 Å². The van der Waals surface area contributed by atoms with Crippen LogP contribution in [0.25, 0.3) is 0 Å². The molecule has 3 aliphatic carbocycles. The van der Waals surface area contributed by atoms with Crippen molar-refractivity contribution in [3.63, 3.8) is 0 Å². The number of benzene rings is 3. The highest BCUT2D eigenvalue weighted by molar-refractivity contribution is 9.10. The standard InChI is InChI=1S/C26H17BrN2O5/c1-13(30)26-17-8-4-2-6-15(17)21(16-7-3-5-9-18(16)26)22-23(26)25(32)28(24(22)31)19-11-10-14(27)12-20(19)29(33)34/h2-12,21-23H,1H3/t21?,22-,23-,26?/m0/s1. The van der Waals surface area contributed by atoms with Crippen molar-refractivity contribution in [2.75, 3.05) is 4.90 Å². The third kappa shape index (κ3) is 2.33. The lowest BCUT2D eigenvalue weighted by Crippen LogP contribution is -2.57. The second-order valence-corrected chi connectivity index (χ2v) is 9.84. The highest BCUT2D eigenvalue weighted by Gasteiger charge is 2.70. The molecular weight excluding hydrogens is 500 g/mol. The number of hydrogen-bond acceptors (Lipinski definition) is 5. The normalized spacial score (nSPS) is 26.2. The van der Waals surface area contributed by atoms with Crippen molar-refractivity contribution in [3.05, 3.63) is 104 Å². The minimum absolute atomic E-state index is 0.0798. The second kappa shape index (κ2) is 6.93. The van der Waals surface area contributed by atoms with Gasteiger partial charge in [0.2, 0.25) is 11.8 Å². The molecule has 0 unspecified atom stereocenters. The van der Waals surface area contributed by atoms with E-state index in [0.717, 1.165) is 27.2 Å². The maximum absolute atomic E-state index is 14.0. The van der Waals surface area contributed by atoms with Crippen molar-refractivity contribution >= 4 is 44.9 Å². The predicted molar refractivity (Wildman–Crippen MR) is 126 cm³/mol. The quantitative estimate of drug-likeness (QED) is 0.290. The molecule has 2 bridgehead atoms. The predicted octanol–water partition coefficient (Wildman–Crippen LogP) is 4.50. The highest BCUT2D eigenvalue weighted by atomic mass is 79.9. The molecule has 1 fully saturated rings. The Balaban J connectivity index is 1.66. The maximum Gasteiger partial charge on any atom is 0.294 e. The van der Waals surface area contributed by atoms with Gasteiger partial charge in [0.25, 0.3) is 5.69 Å². The summed E-state index contributed by atoms with van der Waals surface area (Å²) in [5.41, 5.74) is 1.41. The number of nitro benzene ring substituents is 1. The summed E-state index contributed by atoms with van der Waals surface area (Å²) in [4.78, 5) is 53.7. The largest absolute Gasteiger partial charge is 0.299 e. The van der Waals surface area contributed by atoms with Crippen LogP contribution in [-0.2, 0) is 19.8 Å². The van der Waals surface area contributed by atoms with Gasteiger partial charge in [-0.15, -0.1) is 0 Å². The molecule has 0 spiro atoms. The fourth-order valence-electron chi connectivity index (χ4n) is 6.44. The van der Waals surface area contributed by atoms with Crippen LogP contribution in [-0.4, -0.2) is 22.5 Å². The zero-order valence-electron chi connectivity index (χ0n) is 17.9. The molecule has 3 aromatic rings. The Labute approximate surface area is 202 Å². The van der Waals surface area contributed by atoms with Crippen LogP contribution in [0.15, 0.2) is 71.2 Å². The molecule has 3 aromatic carbocycles. The van der Waals surface area contributed by atoms with Gasteiger partial charge in [-0.25, -0.2) is 4.90 Å². The van der Waals surface area contributed by atoms with E-state index in [1.165, 1.54) is 19.1 Å². The van der Waals surface area contributed by atoms with Crippen molar-refractivity contribution in [2.24, 2.45) is 11.8 Å². The van der Waals surface area contributed by atoms with Crippen molar-refractivity contribution in [1.29, 1.82) is 0 Å². The number of anilines is 1. The Bertz CT molecular complexity index is 1420. The molecule has 34 heavy (non-hydrogen) atoms. The summed E-state index contributed by atoms with van der Waals surface area (Å²) in [5.74, 6) is -3.55. The molecule has 0 N–H and O–H groups in total. The molecule has 4 aliphatic rings. The second-order valence-electron chi connectivity index (χ2n) is 8.92. The Kier molecular flexibility index (Phi) is 4.26. The fraction of sp³-hybridized carbons (Fsp3) is 0.192. The molecule has 1 saturated heterocycles. The van der Waals surface area contributed by atoms with Crippen LogP contribution >= 0.6 is 15.9 Å². The Morgan fingerprint density at radius 2 is 1.56 bits per heavy atom. The summed E-state index contributed by atoms with van der Waals surface area (Å²) in [5, 5.41) is 11.8. The van der Waals surface area contributed by atoms with Crippen LogP contribution in [0.3, 0.4) is 0 Å². The maximum atomic E-state index is 14.0. The average molecular weight is 517 g/mol. The van der Waals surface area contributed by atoms with E-state index in [2.05, 4.69) is 15.9 Å². The first-order valence-electron chi connectivity index (χ1n) is 10.8. The summed E-state index contributed by atoms with van der Waals surface area (Å²) in [7, 11) is 0. The van der Waals surface area contributed by atoms with E-state index in [-0.39, 0.29) is 17.2 Å². The Morgan fingerprint density at radius 3 is 2.12 bits per heavy atom. The van der Waals surface area contributed by atoms with Crippen LogP contribution < -0.4 is 4.90 Å². The summed E-state index contributed by atoms with van der Waals surface area (Å²) in [6.45, 7) is 1.46. The number of rotatable bonds is 3. The van der Waals surface area contributed by atoms with Crippen LogP contribution in [0.4, 0.5) is 11.4 Å². The molecule has 2 amide bonds. The summed E-state index contributed by atoms with van der Waals surface area (Å²) in [6, 6.07) is 19.2. The number of ketones is 1. The molecule has 1 heterocycles. The van der Waals surface area contributed by atoms with Crippen LogP contribution in [0.2, 0.25) is 0 Å². The molecule has 0 aromatic heterocycles. The first-order chi connectivity index (χ1) is 16.3. The molecule has 2 atom stereocenters. The number of carbonyl (C=O) groups excluding carboxylic acids is 3. The monoisotopic (exact) mass is 516 g/mol. The molecule has 7 nitrogen and oxygen atoms in total. The molecule has 8 heteroatoms. The van der Waals surface area contributed by atoms with E-state index in [0.29, 0.717) is 4.47 Å². The van der Waals surface area contributed by atoms with Gasteiger partial charge in [0.15, 0.2) is 0 Å². The molecule has 0 radical (unpaired) electrons. The number of halogens is 1. The minimum atomic E-state index is -1.34. The molecule has 168 valence electrons. The van der Waals surface area contributed by atoms with Gasteiger partial charge < -0.3 is 0 Å². The van der Waals surface area contributed by atoms with Crippen molar-refractivity contribution in [1.82, 2.24) is 0 Å². The lowest BCUT2D eigenvalue weighted by Gasteiger charge is -2.52. The van der Waals surface area contributed by atoms with Gasteiger partial charge in [-0.05, 0) is 41.3 Å². The summed E-state index contributed by atoms with van der Waals surface area (Å²) in [6.07, 6.45) is 0. The van der Waals surface area contributed by atoms with Crippen LogP contribution in [0, 0.1) is 22.0 Å². The zero-order valence-corrected chi connectivity index (χ0v) is 19.5. The van der Waals surface area contributed by atoms with E-state index in [1.54, 1.807) is 6.07 Å². The summed E-state index contributed by atoms with van der Waals surface area (Å²) < 4.78 is 0.458. The van der Waals surface area contributed by atoms with Crippen molar-refractivity contribution < 1.29 is 19.3 Å². The third-order valence-corrected chi connectivity index (χ3v) is 8.04. The van der Waals surface area contributed by atoms with Gasteiger partial charge in [0.1, 0.15) is 11.5 Å². The van der Waals surface area contributed by atoms with E-state index in [9.17, 15) is 24.5 Å². The first kappa shape index (κ1) is 20.9. The minimum Gasteiger partial charge on any atom is -0.299 e. The van der Waals surface area contributed by atoms with Crippen molar-refractivity contribution in [3.8, 4) is 0 Å². The van der Waals surface area contributed by atoms with Crippen molar-refractivity contribution in [2.45, 2.75) is 18.3 Å². The van der Waals surface area contributed by atoms with Gasteiger partial charge in [-0.1, -0.05) is 64.5 Å². The van der Waals surface area contributed by atoms with Gasteiger partial charge >= 0.3 is 0 Å². The molecule has 7 rings (SSSR count). The first-order valence-corrected chi connectivity index (χ1v) is 11.6. The van der Waals surface area contributed by atoms with E-state index in [4.69, 9.17) is 0 Å². The average Bonchev–Trinajstić information content (AvgIpc) is 3.09. The van der Waals surface area contributed by atoms with Gasteiger partial charge in [-0.3, -0.25) is 24.5 Å². The van der Waals surface area contributed by atoms with Gasteiger partial charge in [-0.2, -0.15) is 0 Å². The fourth-order valence-corrected chi connectivity index (χ4v) is 6.79. The van der Waals surface area contributed by atoms with E-state index in [1.807, 2.05) is 48.5 Å². The SMILES string of the molecule is CC(=O)C12c3ccccc3C(c3ccccc31)[C@@H]1C(=O)N(c3ccc(Br)cc3[N+](=O)[O-])C(=O)[C@H]12. The van der Waals surface area contributed by atoms with Gasteiger partial charge in [0.05, 0.1) is 22.2 Å². The van der Waals surface area contributed by atoms with E-state index < -0.39 is 39.9 Å². The number of nitro groups is 1. The topological polar surface area (TPSA) is 97.6 Å². The Hall–Kier alpha value is -3.65. The van der Waals surface area contributed by atoms with Crippen LogP contribution in [0.5, 0.6) is 0 Å². The van der Waals surface area contributed by atoms with E-state index >= 15 is 0 Å². The number of carbonyl (C=O) groups is 3. The number of hydrogen-bond donors (Lipinski definition) is 0.